The molecule has 0 spiro atoms. The summed E-state index contributed by atoms with van der Waals surface area (Å²) in [4.78, 5) is 17.7. The summed E-state index contributed by atoms with van der Waals surface area (Å²) in [6.45, 7) is 7.01. The van der Waals surface area contributed by atoms with Crippen molar-refractivity contribution in [3.8, 4) is 11.1 Å². The van der Waals surface area contributed by atoms with E-state index in [0.717, 1.165) is 68.7 Å². The Morgan fingerprint density at radius 2 is 1.49 bits per heavy atom. The van der Waals surface area contributed by atoms with Gasteiger partial charge >= 0.3 is 5.97 Å². The van der Waals surface area contributed by atoms with Crippen molar-refractivity contribution in [2.45, 2.75) is 31.6 Å². The highest BCUT2D eigenvalue weighted by Gasteiger charge is 2.39. The number of ether oxygens (including phenoxy) is 1. The van der Waals surface area contributed by atoms with Crippen LogP contribution in [0.5, 0.6) is 0 Å². The number of hydrogen-bond acceptors (Lipinski definition) is 4. The first-order chi connectivity index (χ1) is 17.1. The Kier molecular flexibility index (Phi) is 8.19. The van der Waals surface area contributed by atoms with Gasteiger partial charge in [-0.05, 0) is 66.8 Å². The molecule has 184 valence electrons. The first-order valence-corrected chi connectivity index (χ1v) is 12.5. The fraction of sp³-hybridized carbons (Fsp3) is 0.367. The fourth-order valence-corrected chi connectivity index (χ4v) is 5.18. The van der Waals surface area contributed by atoms with Crippen LogP contribution in [0.15, 0.2) is 78.9 Å². The summed E-state index contributed by atoms with van der Waals surface area (Å²) in [6.07, 6.45) is 2.46. The molecule has 1 aliphatic heterocycles. The number of piperazine rings is 1. The number of methoxy groups -OCH3 is 1. The molecule has 0 bridgehead atoms. The van der Waals surface area contributed by atoms with Crippen LogP contribution < -0.4 is 4.90 Å². The highest BCUT2D eigenvalue weighted by atomic mass is 19.1. The average Bonchev–Trinajstić information content (AvgIpc) is 2.92. The Hall–Kier alpha value is -3.18. The van der Waals surface area contributed by atoms with Gasteiger partial charge in [-0.3, -0.25) is 9.69 Å². The molecular weight excluding hydrogens is 439 g/mol. The Morgan fingerprint density at radius 3 is 2.06 bits per heavy atom. The molecule has 1 saturated heterocycles. The number of carbonyl (C=O) groups excluding carboxylic acids is 1. The smallest absolute Gasteiger partial charge is 0.316 e. The molecule has 35 heavy (non-hydrogen) atoms. The molecule has 1 fully saturated rings. The molecule has 1 atom stereocenters. The number of nitrogens with zero attached hydrogens (tertiary/aromatic N) is 2. The molecule has 0 aromatic heterocycles. The van der Waals surface area contributed by atoms with Gasteiger partial charge in [-0.2, -0.15) is 0 Å². The van der Waals surface area contributed by atoms with E-state index in [2.05, 4.69) is 41.0 Å². The Morgan fingerprint density at radius 1 is 0.886 bits per heavy atom. The molecule has 4 rings (SSSR count). The summed E-state index contributed by atoms with van der Waals surface area (Å²) < 4.78 is 18.4. The Labute approximate surface area is 208 Å². The van der Waals surface area contributed by atoms with Crippen LogP contribution in [-0.4, -0.2) is 50.7 Å². The maximum absolute atomic E-state index is 13.2. The number of hydrogen-bond donors (Lipinski definition) is 0. The minimum absolute atomic E-state index is 0.139. The Balaban J connectivity index is 1.30. The lowest BCUT2D eigenvalue weighted by atomic mass is 9.74. The summed E-state index contributed by atoms with van der Waals surface area (Å²) in [5.41, 5.74) is 3.80. The highest BCUT2D eigenvalue weighted by molar-refractivity contribution is 5.83. The van der Waals surface area contributed by atoms with Crippen LogP contribution in [0, 0.1) is 5.82 Å². The first-order valence-electron chi connectivity index (χ1n) is 12.5. The first kappa shape index (κ1) is 24.9. The molecule has 0 N–H and O–H groups in total. The summed E-state index contributed by atoms with van der Waals surface area (Å²) in [7, 11) is 1.49. The lowest BCUT2D eigenvalue weighted by Gasteiger charge is -2.37. The van der Waals surface area contributed by atoms with E-state index in [1.165, 1.54) is 24.9 Å². The lowest BCUT2D eigenvalue weighted by molar-refractivity contribution is -0.148. The van der Waals surface area contributed by atoms with Crippen LogP contribution in [0.2, 0.25) is 0 Å². The van der Waals surface area contributed by atoms with Gasteiger partial charge in [-0.25, -0.2) is 4.39 Å². The molecule has 1 heterocycles. The quantitative estimate of drug-likeness (QED) is 0.361. The minimum atomic E-state index is -0.579. The zero-order chi connectivity index (χ0) is 24.7. The number of rotatable bonds is 9. The van der Waals surface area contributed by atoms with Gasteiger partial charge in [-0.15, -0.1) is 0 Å². The van der Waals surface area contributed by atoms with Crippen LogP contribution in [0.25, 0.3) is 11.1 Å². The maximum Gasteiger partial charge on any atom is 0.316 e. The van der Waals surface area contributed by atoms with Gasteiger partial charge in [0.2, 0.25) is 0 Å². The van der Waals surface area contributed by atoms with E-state index in [1.54, 1.807) is 0 Å². The van der Waals surface area contributed by atoms with Crippen molar-refractivity contribution in [3.05, 3.63) is 90.2 Å². The van der Waals surface area contributed by atoms with Crippen molar-refractivity contribution < 1.29 is 13.9 Å². The fourth-order valence-electron chi connectivity index (χ4n) is 5.18. The second-order valence-corrected chi connectivity index (χ2v) is 9.28. The summed E-state index contributed by atoms with van der Waals surface area (Å²) in [5.74, 6) is -0.353. The molecule has 0 radical (unpaired) electrons. The molecule has 3 aromatic rings. The topological polar surface area (TPSA) is 32.8 Å². The molecule has 5 heteroatoms. The summed E-state index contributed by atoms with van der Waals surface area (Å²) >= 11 is 0. The van der Waals surface area contributed by atoms with E-state index in [4.69, 9.17) is 4.74 Å². The lowest BCUT2D eigenvalue weighted by Crippen LogP contribution is -2.47. The Bertz CT molecular complexity index is 1080. The molecule has 0 aliphatic carbocycles. The molecule has 0 saturated carbocycles. The van der Waals surface area contributed by atoms with Crippen molar-refractivity contribution >= 4 is 11.7 Å². The number of halogens is 1. The van der Waals surface area contributed by atoms with Gasteiger partial charge in [0, 0.05) is 31.9 Å². The summed E-state index contributed by atoms with van der Waals surface area (Å²) in [5, 5.41) is 0. The molecule has 3 aromatic carbocycles. The molecule has 1 aliphatic rings. The van der Waals surface area contributed by atoms with E-state index < -0.39 is 5.41 Å². The van der Waals surface area contributed by atoms with Crippen molar-refractivity contribution in [3.63, 3.8) is 0 Å². The minimum Gasteiger partial charge on any atom is -0.468 e. The van der Waals surface area contributed by atoms with Gasteiger partial charge in [0.25, 0.3) is 0 Å². The van der Waals surface area contributed by atoms with E-state index in [0.29, 0.717) is 0 Å². The third-order valence-corrected chi connectivity index (χ3v) is 7.37. The third kappa shape index (κ3) is 5.73. The van der Waals surface area contributed by atoms with Gasteiger partial charge in [-0.1, -0.05) is 61.5 Å². The molecule has 1 unspecified atom stereocenters. The number of benzene rings is 3. The second-order valence-electron chi connectivity index (χ2n) is 9.28. The van der Waals surface area contributed by atoms with Crippen molar-refractivity contribution in [1.29, 1.82) is 0 Å². The van der Waals surface area contributed by atoms with Crippen LogP contribution in [0.4, 0.5) is 10.1 Å². The van der Waals surface area contributed by atoms with E-state index in [1.807, 2.05) is 42.5 Å². The molecular formula is C30H35FN2O2. The third-order valence-electron chi connectivity index (χ3n) is 7.37. The molecule has 0 amide bonds. The largest absolute Gasteiger partial charge is 0.468 e. The number of anilines is 1. The highest BCUT2D eigenvalue weighted by Crippen LogP contribution is 2.34. The van der Waals surface area contributed by atoms with Crippen LogP contribution in [0.3, 0.4) is 0 Å². The van der Waals surface area contributed by atoms with E-state index in [-0.39, 0.29) is 11.8 Å². The zero-order valence-corrected chi connectivity index (χ0v) is 20.8. The molecule has 4 nitrogen and oxygen atoms in total. The van der Waals surface area contributed by atoms with Crippen molar-refractivity contribution in [2.75, 3.05) is 44.7 Å². The average molecular weight is 475 g/mol. The van der Waals surface area contributed by atoms with Gasteiger partial charge in [0.05, 0.1) is 12.5 Å². The zero-order valence-electron chi connectivity index (χ0n) is 20.8. The van der Waals surface area contributed by atoms with Crippen molar-refractivity contribution in [2.24, 2.45) is 0 Å². The number of carbonyl (C=O) groups is 1. The van der Waals surface area contributed by atoms with Gasteiger partial charge in [0.1, 0.15) is 5.82 Å². The summed E-state index contributed by atoms with van der Waals surface area (Å²) in [6, 6.07) is 25.2. The van der Waals surface area contributed by atoms with Crippen LogP contribution >= 0.6 is 0 Å². The monoisotopic (exact) mass is 474 g/mol. The normalized spacial score (nSPS) is 16.0. The van der Waals surface area contributed by atoms with Gasteiger partial charge in [0.15, 0.2) is 0 Å². The van der Waals surface area contributed by atoms with Crippen LogP contribution in [-0.2, 0) is 14.9 Å². The van der Waals surface area contributed by atoms with E-state index in [9.17, 15) is 9.18 Å². The SMILES string of the molecule is CCC(CCCN1CCN(c2ccc(-c3ccc(F)cc3)cc2)CC1)(C(=O)OC)c1ccccc1. The van der Waals surface area contributed by atoms with Crippen molar-refractivity contribution in [1.82, 2.24) is 4.90 Å². The predicted octanol–water partition coefficient (Wildman–Crippen LogP) is 5.92. The predicted molar refractivity (Wildman–Crippen MR) is 140 cm³/mol. The van der Waals surface area contributed by atoms with E-state index >= 15 is 0 Å². The maximum atomic E-state index is 13.2. The second kappa shape index (κ2) is 11.5. The van der Waals surface area contributed by atoms with Crippen LogP contribution in [0.1, 0.15) is 31.7 Å². The van der Waals surface area contributed by atoms with Gasteiger partial charge < -0.3 is 9.64 Å². The standard InChI is InChI=1S/C30H35FN2O2/c1-3-30(29(34)35-2,26-8-5-4-6-9-26)18-7-19-32-20-22-33(23-21-32)28-16-12-25(13-17-28)24-10-14-27(31)15-11-24/h4-6,8-17H,3,7,18-23H2,1-2H3. The number of esters is 1.